The zero-order chi connectivity index (χ0) is 15.9. The Balaban J connectivity index is 1.85. The van der Waals surface area contributed by atoms with Gasteiger partial charge in [0.25, 0.3) is 5.91 Å². The fraction of sp³-hybridized carbons (Fsp3) is 0.412. The van der Waals surface area contributed by atoms with E-state index in [0.717, 1.165) is 17.7 Å². The van der Waals surface area contributed by atoms with Gasteiger partial charge in [-0.05, 0) is 37.0 Å². The molecule has 0 aliphatic carbocycles. The minimum atomic E-state index is -0.174. The highest BCUT2D eigenvalue weighted by atomic mass is 16.5. The van der Waals surface area contributed by atoms with E-state index in [0.29, 0.717) is 19.5 Å². The topological polar surface area (TPSA) is 58.6 Å². The Labute approximate surface area is 130 Å². The fourth-order valence-corrected chi connectivity index (χ4v) is 2.50. The predicted octanol–water partition coefficient (Wildman–Crippen LogP) is 0.978. The predicted molar refractivity (Wildman–Crippen MR) is 83.3 cm³/mol. The molecule has 1 N–H and O–H groups in total. The normalized spacial score (nSPS) is 16.6. The summed E-state index contributed by atoms with van der Waals surface area (Å²) in [5, 5.41) is 2.97. The van der Waals surface area contributed by atoms with Crippen LogP contribution in [-0.4, -0.2) is 43.0 Å². The summed E-state index contributed by atoms with van der Waals surface area (Å²) in [6, 6.07) is 7.45. The number of benzene rings is 1. The molecule has 2 amide bonds. The first-order chi connectivity index (χ1) is 10.6. The highest BCUT2D eigenvalue weighted by Gasteiger charge is 2.26. The molecule has 116 valence electrons. The van der Waals surface area contributed by atoms with Crippen molar-refractivity contribution in [1.29, 1.82) is 0 Å². The molecule has 0 saturated carbocycles. The van der Waals surface area contributed by atoms with Gasteiger partial charge in [-0.15, -0.1) is 0 Å². The van der Waals surface area contributed by atoms with Gasteiger partial charge < -0.3 is 15.0 Å². The molecule has 2 rings (SSSR count). The molecule has 1 aliphatic rings. The lowest BCUT2D eigenvalue weighted by Gasteiger charge is -2.14. The van der Waals surface area contributed by atoms with Gasteiger partial charge in [0.05, 0.1) is 13.5 Å². The molecule has 22 heavy (non-hydrogen) atoms. The first-order valence-corrected chi connectivity index (χ1v) is 7.26. The number of nitrogens with zero attached hydrogens (tertiary/aromatic N) is 1. The quantitative estimate of drug-likeness (QED) is 0.843. The van der Waals surface area contributed by atoms with Crippen molar-refractivity contribution in [2.75, 3.05) is 20.2 Å². The van der Waals surface area contributed by atoms with Crippen molar-refractivity contribution < 1.29 is 14.3 Å². The summed E-state index contributed by atoms with van der Waals surface area (Å²) in [6.07, 6.45) is 1.07. The Morgan fingerprint density at radius 3 is 3.00 bits per heavy atom. The van der Waals surface area contributed by atoms with Gasteiger partial charge in [0.15, 0.2) is 0 Å². The van der Waals surface area contributed by atoms with Gasteiger partial charge >= 0.3 is 0 Å². The molecule has 0 aromatic heterocycles. The van der Waals surface area contributed by atoms with Gasteiger partial charge in [-0.3, -0.25) is 9.59 Å². The molecule has 0 spiro atoms. The molecule has 5 heteroatoms. The fourth-order valence-electron chi connectivity index (χ4n) is 2.50. The molecule has 5 nitrogen and oxygen atoms in total. The number of hydrogen-bond acceptors (Lipinski definition) is 3. The second kappa shape index (κ2) is 7.51. The molecule has 1 aromatic carbocycles. The summed E-state index contributed by atoms with van der Waals surface area (Å²) >= 11 is 0. The molecule has 0 radical (unpaired) electrons. The third-order valence-electron chi connectivity index (χ3n) is 3.57. The molecule has 1 heterocycles. The Bertz CT molecular complexity index is 616. The zero-order valence-corrected chi connectivity index (χ0v) is 12.9. The van der Waals surface area contributed by atoms with Crippen LogP contribution in [0.3, 0.4) is 0 Å². The van der Waals surface area contributed by atoms with E-state index < -0.39 is 0 Å². The monoisotopic (exact) mass is 300 g/mol. The lowest BCUT2D eigenvalue weighted by atomic mass is 10.1. The van der Waals surface area contributed by atoms with E-state index in [4.69, 9.17) is 4.74 Å². The third-order valence-corrected chi connectivity index (χ3v) is 3.57. The van der Waals surface area contributed by atoms with E-state index in [2.05, 4.69) is 17.2 Å². The second-order valence-corrected chi connectivity index (χ2v) is 5.21. The Hall–Kier alpha value is -2.48. The molecule has 1 aromatic rings. The Morgan fingerprint density at radius 1 is 1.45 bits per heavy atom. The standard InChI is InChI=1S/C17H20N2O3/c1-3-5-17(21)19-9-8-14(12-19)18-16(20)11-13-6-4-7-15(10-13)22-2/h4,6-7,10,14H,8-9,11-12H2,1-2H3,(H,18,20). The summed E-state index contributed by atoms with van der Waals surface area (Å²) in [5.41, 5.74) is 0.902. The second-order valence-electron chi connectivity index (χ2n) is 5.21. The van der Waals surface area contributed by atoms with E-state index in [-0.39, 0.29) is 17.9 Å². The van der Waals surface area contributed by atoms with E-state index >= 15 is 0 Å². The maximum atomic E-state index is 12.1. The first-order valence-electron chi connectivity index (χ1n) is 7.26. The van der Waals surface area contributed by atoms with E-state index in [1.54, 1.807) is 18.9 Å². The summed E-state index contributed by atoms with van der Waals surface area (Å²) in [5.74, 6) is 5.64. The third kappa shape index (κ3) is 4.26. The maximum Gasteiger partial charge on any atom is 0.298 e. The number of likely N-dealkylation sites (tertiary alicyclic amines) is 1. The number of ether oxygens (including phenoxy) is 1. The van der Waals surface area contributed by atoms with Gasteiger partial charge in [0, 0.05) is 19.1 Å². The molecular formula is C17H20N2O3. The molecule has 1 unspecified atom stereocenters. The van der Waals surface area contributed by atoms with Gasteiger partial charge in [0.1, 0.15) is 5.75 Å². The number of carbonyl (C=O) groups excluding carboxylic acids is 2. The van der Waals surface area contributed by atoms with Crippen LogP contribution in [0.2, 0.25) is 0 Å². The van der Waals surface area contributed by atoms with Crippen molar-refractivity contribution in [2.24, 2.45) is 0 Å². The number of rotatable bonds is 4. The highest BCUT2D eigenvalue weighted by Crippen LogP contribution is 2.14. The average molecular weight is 300 g/mol. The van der Waals surface area contributed by atoms with Crippen molar-refractivity contribution in [3.63, 3.8) is 0 Å². The molecule has 0 bridgehead atoms. The van der Waals surface area contributed by atoms with Crippen LogP contribution >= 0.6 is 0 Å². The lowest BCUT2D eigenvalue weighted by molar-refractivity contribution is -0.125. The van der Waals surface area contributed by atoms with Crippen LogP contribution in [0.1, 0.15) is 18.9 Å². The van der Waals surface area contributed by atoms with Crippen molar-refractivity contribution in [2.45, 2.75) is 25.8 Å². The van der Waals surface area contributed by atoms with E-state index in [1.807, 2.05) is 24.3 Å². The Morgan fingerprint density at radius 2 is 2.27 bits per heavy atom. The van der Waals surface area contributed by atoms with Crippen molar-refractivity contribution in [1.82, 2.24) is 10.2 Å². The summed E-state index contributed by atoms with van der Waals surface area (Å²) in [6.45, 7) is 2.80. The van der Waals surface area contributed by atoms with Crippen LogP contribution in [0.5, 0.6) is 5.75 Å². The van der Waals surface area contributed by atoms with Crippen molar-refractivity contribution >= 4 is 11.8 Å². The SMILES string of the molecule is CC#CC(=O)N1CCC(NC(=O)Cc2cccc(OC)c2)C1. The van der Waals surface area contributed by atoms with Crippen LogP contribution in [0, 0.1) is 11.8 Å². The minimum Gasteiger partial charge on any atom is -0.497 e. The first kappa shape index (κ1) is 15.9. The minimum absolute atomic E-state index is 0.000661. The van der Waals surface area contributed by atoms with Gasteiger partial charge in [-0.25, -0.2) is 0 Å². The molecule has 1 aliphatic heterocycles. The summed E-state index contributed by atoms with van der Waals surface area (Å²) in [7, 11) is 1.60. The van der Waals surface area contributed by atoms with Crippen LogP contribution in [0.4, 0.5) is 0 Å². The number of carbonyl (C=O) groups is 2. The van der Waals surface area contributed by atoms with Gasteiger partial charge in [-0.1, -0.05) is 18.1 Å². The molecule has 1 fully saturated rings. The molecule has 1 atom stereocenters. The van der Waals surface area contributed by atoms with E-state index in [1.165, 1.54) is 0 Å². The van der Waals surface area contributed by atoms with Gasteiger partial charge in [0.2, 0.25) is 5.91 Å². The van der Waals surface area contributed by atoms with Crippen LogP contribution in [0.15, 0.2) is 24.3 Å². The smallest absolute Gasteiger partial charge is 0.298 e. The Kier molecular flexibility index (Phi) is 5.42. The summed E-state index contributed by atoms with van der Waals surface area (Å²) in [4.78, 5) is 25.4. The average Bonchev–Trinajstić information content (AvgIpc) is 2.96. The number of amides is 2. The van der Waals surface area contributed by atoms with Crippen molar-refractivity contribution in [3.05, 3.63) is 29.8 Å². The lowest BCUT2D eigenvalue weighted by Crippen LogP contribution is -2.38. The molecule has 1 saturated heterocycles. The zero-order valence-electron chi connectivity index (χ0n) is 12.9. The van der Waals surface area contributed by atoms with Crippen LogP contribution in [0.25, 0.3) is 0 Å². The number of nitrogens with one attached hydrogen (secondary N) is 1. The largest absolute Gasteiger partial charge is 0.497 e. The summed E-state index contributed by atoms with van der Waals surface area (Å²) < 4.78 is 5.14. The number of methoxy groups -OCH3 is 1. The highest BCUT2D eigenvalue weighted by molar-refractivity contribution is 5.93. The van der Waals surface area contributed by atoms with Crippen LogP contribution in [-0.2, 0) is 16.0 Å². The van der Waals surface area contributed by atoms with Crippen LogP contribution < -0.4 is 10.1 Å². The molecular weight excluding hydrogens is 280 g/mol. The number of hydrogen-bond donors (Lipinski definition) is 1. The maximum absolute atomic E-state index is 12.1. The van der Waals surface area contributed by atoms with Crippen molar-refractivity contribution in [3.8, 4) is 17.6 Å². The van der Waals surface area contributed by atoms with E-state index in [9.17, 15) is 9.59 Å². The van der Waals surface area contributed by atoms with Gasteiger partial charge in [-0.2, -0.15) is 0 Å².